The Bertz CT molecular complexity index is 1250. The van der Waals surface area contributed by atoms with Crippen molar-refractivity contribution in [1.29, 1.82) is 0 Å². The van der Waals surface area contributed by atoms with Crippen LogP contribution in [0.25, 0.3) is 5.69 Å². The van der Waals surface area contributed by atoms with Crippen molar-refractivity contribution < 1.29 is 8.42 Å². The summed E-state index contributed by atoms with van der Waals surface area (Å²) in [4.78, 5) is 4.15. The summed E-state index contributed by atoms with van der Waals surface area (Å²) in [5.74, 6) is 1.37. The second-order valence-electron chi connectivity index (χ2n) is 7.07. The van der Waals surface area contributed by atoms with Gasteiger partial charge in [-0.05, 0) is 49.2 Å². The first-order valence-electron chi connectivity index (χ1n) is 9.53. The van der Waals surface area contributed by atoms with E-state index in [1.165, 1.54) is 24.2 Å². The fourth-order valence-electron chi connectivity index (χ4n) is 3.15. The second-order valence-corrected chi connectivity index (χ2v) is 9.65. The number of sulfonamides is 1. The van der Waals surface area contributed by atoms with E-state index in [0.29, 0.717) is 11.0 Å². The van der Waals surface area contributed by atoms with Crippen molar-refractivity contribution in [1.82, 2.24) is 14.8 Å². The first-order valence-corrected chi connectivity index (χ1v) is 11.9. The lowest BCUT2D eigenvalue weighted by atomic mass is 10.3. The molecule has 152 valence electrons. The Morgan fingerprint density at radius 1 is 1.03 bits per heavy atom. The van der Waals surface area contributed by atoms with Crippen LogP contribution in [0.4, 0.5) is 16.6 Å². The maximum Gasteiger partial charge on any atom is 0.263 e. The second kappa shape index (κ2) is 7.58. The summed E-state index contributed by atoms with van der Waals surface area (Å²) >= 11 is 1.24. The molecular weight excluding hydrogens is 418 g/mol. The average molecular weight is 438 g/mol. The maximum absolute atomic E-state index is 12.5. The Kier molecular flexibility index (Phi) is 4.76. The van der Waals surface area contributed by atoms with Gasteiger partial charge < -0.3 is 5.32 Å². The van der Waals surface area contributed by atoms with E-state index in [-0.39, 0.29) is 4.90 Å². The molecule has 1 aliphatic carbocycles. The molecule has 1 saturated carbocycles. The number of hydrogen-bond donors (Lipinski definition) is 2. The van der Waals surface area contributed by atoms with E-state index in [9.17, 15) is 8.42 Å². The SMILES string of the molecule is O=S(=O)(Nc1nccs1)c1ccc(Nc2cc(C3CC3)nn2-c2ccccc2)cc1. The molecule has 0 spiro atoms. The Morgan fingerprint density at radius 3 is 2.47 bits per heavy atom. The molecule has 2 heterocycles. The van der Waals surface area contributed by atoms with Crippen molar-refractivity contribution in [3.63, 3.8) is 0 Å². The molecule has 0 aliphatic heterocycles. The molecule has 2 aromatic carbocycles. The first kappa shape index (κ1) is 18.8. The van der Waals surface area contributed by atoms with Crippen LogP contribution in [-0.2, 0) is 10.0 Å². The molecule has 0 radical (unpaired) electrons. The topological polar surface area (TPSA) is 88.9 Å². The van der Waals surface area contributed by atoms with Crippen LogP contribution in [0.2, 0.25) is 0 Å². The van der Waals surface area contributed by atoms with Crippen molar-refractivity contribution in [3.8, 4) is 5.69 Å². The van der Waals surface area contributed by atoms with Gasteiger partial charge in [-0.3, -0.25) is 4.72 Å². The van der Waals surface area contributed by atoms with E-state index >= 15 is 0 Å². The predicted octanol–water partition coefficient (Wildman–Crippen LogP) is 4.75. The van der Waals surface area contributed by atoms with Crippen molar-refractivity contribution in [2.24, 2.45) is 0 Å². The Labute approximate surface area is 178 Å². The quantitative estimate of drug-likeness (QED) is 0.435. The molecular formula is C21H19N5O2S2. The Balaban J connectivity index is 1.40. The predicted molar refractivity (Wildman–Crippen MR) is 118 cm³/mol. The third-order valence-corrected chi connectivity index (χ3v) is 6.99. The molecule has 0 amide bonds. The van der Waals surface area contributed by atoms with Crippen LogP contribution in [0, 0.1) is 0 Å². The number of thiazole rings is 1. The molecule has 0 atom stereocenters. The van der Waals surface area contributed by atoms with E-state index in [4.69, 9.17) is 5.10 Å². The van der Waals surface area contributed by atoms with Gasteiger partial charge in [0.1, 0.15) is 5.82 Å². The summed E-state index contributed by atoms with van der Waals surface area (Å²) in [6, 6.07) is 18.7. The summed E-state index contributed by atoms with van der Waals surface area (Å²) in [5.41, 5.74) is 2.83. The van der Waals surface area contributed by atoms with E-state index in [2.05, 4.69) is 21.1 Å². The van der Waals surface area contributed by atoms with Crippen molar-refractivity contribution in [2.45, 2.75) is 23.7 Å². The summed E-state index contributed by atoms with van der Waals surface area (Å²) in [5, 5.41) is 10.2. The van der Waals surface area contributed by atoms with Gasteiger partial charge in [-0.2, -0.15) is 5.10 Å². The van der Waals surface area contributed by atoms with Crippen LogP contribution >= 0.6 is 11.3 Å². The first-order chi connectivity index (χ1) is 14.6. The fourth-order valence-corrected chi connectivity index (χ4v) is 4.93. The highest BCUT2D eigenvalue weighted by Crippen LogP contribution is 2.40. The Hall–Kier alpha value is -3.17. The summed E-state index contributed by atoms with van der Waals surface area (Å²) in [7, 11) is -3.67. The average Bonchev–Trinajstić information content (AvgIpc) is 3.33. The lowest BCUT2D eigenvalue weighted by Crippen LogP contribution is -2.12. The van der Waals surface area contributed by atoms with Crippen LogP contribution in [-0.4, -0.2) is 23.2 Å². The number of nitrogens with zero attached hydrogens (tertiary/aromatic N) is 3. The molecule has 2 aromatic heterocycles. The molecule has 0 unspecified atom stereocenters. The molecule has 0 bridgehead atoms. The minimum Gasteiger partial charge on any atom is -0.340 e. The van der Waals surface area contributed by atoms with Gasteiger partial charge in [0.15, 0.2) is 5.13 Å². The zero-order chi connectivity index (χ0) is 20.6. The van der Waals surface area contributed by atoms with Crippen LogP contribution in [0.5, 0.6) is 0 Å². The highest BCUT2D eigenvalue weighted by atomic mass is 32.2. The minimum atomic E-state index is -3.67. The standard InChI is InChI=1S/C21H19N5O2S2/c27-30(28,25-21-22-12-13-29-21)18-10-8-16(9-11-18)23-20-14-19(15-6-7-15)24-26(20)17-4-2-1-3-5-17/h1-5,8-15,23H,6-7H2,(H,22,25). The van der Waals surface area contributed by atoms with Crippen molar-refractivity contribution in [2.75, 3.05) is 10.0 Å². The third kappa shape index (κ3) is 3.94. The van der Waals surface area contributed by atoms with Crippen LogP contribution in [0.1, 0.15) is 24.5 Å². The van der Waals surface area contributed by atoms with Crippen molar-refractivity contribution >= 4 is 38.0 Å². The number of benzene rings is 2. The van der Waals surface area contributed by atoms with Crippen molar-refractivity contribution in [3.05, 3.63) is 77.9 Å². The van der Waals surface area contributed by atoms with Crippen LogP contribution < -0.4 is 10.0 Å². The summed E-state index contributed by atoms with van der Waals surface area (Å²) in [6.07, 6.45) is 3.90. The number of anilines is 3. The smallest absolute Gasteiger partial charge is 0.263 e. The summed E-state index contributed by atoms with van der Waals surface area (Å²) in [6.45, 7) is 0. The van der Waals surface area contributed by atoms with Gasteiger partial charge in [-0.1, -0.05) is 18.2 Å². The van der Waals surface area contributed by atoms with Gasteiger partial charge in [0, 0.05) is 29.2 Å². The lowest BCUT2D eigenvalue weighted by molar-refractivity contribution is 0.601. The summed E-state index contributed by atoms with van der Waals surface area (Å²) < 4.78 is 29.4. The van der Waals surface area contributed by atoms with Gasteiger partial charge in [0.2, 0.25) is 0 Å². The monoisotopic (exact) mass is 437 g/mol. The number of para-hydroxylation sites is 1. The zero-order valence-corrected chi connectivity index (χ0v) is 17.5. The molecule has 30 heavy (non-hydrogen) atoms. The van der Waals surface area contributed by atoms with E-state index in [1.54, 1.807) is 35.8 Å². The maximum atomic E-state index is 12.5. The Morgan fingerprint density at radius 2 is 1.80 bits per heavy atom. The highest BCUT2D eigenvalue weighted by molar-refractivity contribution is 7.93. The molecule has 4 aromatic rings. The van der Waals surface area contributed by atoms with Gasteiger partial charge in [0.25, 0.3) is 10.0 Å². The zero-order valence-electron chi connectivity index (χ0n) is 15.9. The van der Waals surface area contributed by atoms with E-state index in [0.717, 1.165) is 22.9 Å². The lowest BCUT2D eigenvalue weighted by Gasteiger charge is -2.11. The van der Waals surface area contributed by atoms with Crippen LogP contribution in [0.3, 0.4) is 0 Å². The van der Waals surface area contributed by atoms with E-state index < -0.39 is 10.0 Å². The van der Waals surface area contributed by atoms with Gasteiger partial charge in [-0.25, -0.2) is 18.1 Å². The van der Waals surface area contributed by atoms with E-state index in [1.807, 2.05) is 35.0 Å². The molecule has 1 fully saturated rings. The third-order valence-electron chi connectivity index (χ3n) is 4.82. The molecule has 5 rings (SSSR count). The molecule has 0 saturated heterocycles. The number of aromatic nitrogens is 3. The molecule has 1 aliphatic rings. The van der Waals surface area contributed by atoms with Gasteiger partial charge >= 0.3 is 0 Å². The molecule has 9 heteroatoms. The highest BCUT2D eigenvalue weighted by Gasteiger charge is 2.27. The fraction of sp³-hybridized carbons (Fsp3) is 0.143. The number of nitrogens with one attached hydrogen (secondary N) is 2. The minimum absolute atomic E-state index is 0.179. The normalized spacial score (nSPS) is 13.9. The molecule has 2 N–H and O–H groups in total. The van der Waals surface area contributed by atoms with Gasteiger partial charge in [0.05, 0.1) is 16.3 Å². The number of hydrogen-bond acceptors (Lipinski definition) is 6. The number of rotatable bonds is 7. The molecule has 7 nitrogen and oxygen atoms in total. The largest absolute Gasteiger partial charge is 0.340 e. The van der Waals surface area contributed by atoms with Gasteiger partial charge in [-0.15, -0.1) is 11.3 Å². The van der Waals surface area contributed by atoms with Crippen LogP contribution in [0.15, 0.2) is 77.1 Å².